The fourth-order valence-electron chi connectivity index (χ4n) is 6.00. The van der Waals surface area contributed by atoms with Crippen LogP contribution in [-0.4, -0.2) is 58.9 Å². The molecule has 0 aliphatic carbocycles. The molecule has 0 aliphatic rings. The Bertz CT molecular complexity index is 1770. The van der Waals surface area contributed by atoms with Gasteiger partial charge in [-0.3, -0.25) is 4.79 Å². The van der Waals surface area contributed by atoms with Gasteiger partial charge in [0.1, 0.15) is 17.2 Å². The lowest BCUT2D eigenvalue weighted by Crippen LogP contribution is -2.33. The molecule has 2 aromatic carbocycles. The van der Waals surface area contributed by atoms with E-state index in [9.17, 15) is 9.59 Å². The molecular formula is C39H52N4O6S. The Kier molecular flexibility index (Phi) is 13.5. The largest absolute Gasteiger partial charge is 0.493 e. The number of carbonyl (C=O) groups excluding carboxylic acids is 1. The monoisotopic (exact) mass is 704 g/mol. The van der Waals surface area contributed by atoms with E-state index < -0.39 is 11.6 Å². The second-order valence-corrected chi connectivity index (χ2v) is 14.7. The molecule has 2 heterocycles. The van der Waals surface area contributed by atoms with Crippen LogP contribution in [-0.2, 0) is 22.5 Å². The van der Waals surface area contributed by atoms with E-state index in [4.69, 9.17) is 29.3 Å². The average Bonchev–Trinajstić information content (AvgIpc) is 3.55. The van der Waals surface area contributed by atoms with E-state index in [0.717, 1.165) is 88.8 Å². The normalized spacial score (nSPS) is 12.1. The summed E-state index contributed by atoms with van der Waals surface area (Å²) in [6.07, 6.45) is 6.36. The number of aliphatic carboxylic acids is 1. The van der Waals surface area contributed by atoms with Crippen molar-refractivity contribution in [2.75, 3.05) is 26.6 Å². The average molecular weight is 705 g/mol. The van der Waals surface area contributed by atoms with E-state index in [0.29, 0.717) is 23.9 Å². The molecule has 0 fully saturated rings. The Morgan fingerprint density at radius 2 is 1.70 bits per heavy atom. The van der Waals surface area contributed by atoms with Crippen LogP contribution < -0.4 is 14.8 Å². The number of amides is 1. The lowest BCUT2D eigenvalue weighted by atomic mass is 10.00. The number of carboxylic acid groups (broad SMARTS) is 1. The molecule has 270 valence electrons. The molecule has 2 aromatic heterocycles. The van der Waals surface area contributed by atoms with E-state index in [1.165, 1.54) is 0 Å². The van der Waals surface area contributed by atoms with Gasteiger partial charge in [-0.05, 0) is 88.1 Å². The molecule has 0 bridgehead atoms. The molecular weight excluding hydrogens is 653 g/mol. The maximum atomic E-state index is 12.7. The van der Waals surface area contributed by atoms with Crippen LogP contribution in [0.3, 0.4) is 0 Å². The number of carbonyl (C=O) groups is 2. The Morgan fingerprint density at radius 3 is 2.38 bits per heavy atom. The molecule has 0 aliphatic heterocycles. The maximum Gasteiger partial charge on any atom is 0.410 e. The molecule has 10 nitrogen and oxygen atoms in total. The summed E-state index contributed by atoms with van der Waals surface area (Å²) >= 11 is 1.68. The van der Waals surface area contributed by atoms with Crippen molar-refractivity contribution in [1.29, 1.82) is 0 Å². The molecule has 0 radical (unpaired) electrons. The van der Waals surface area contributed by atoms with E-state index in [-0.39, 0.29) is 18.6 Å². The van der Waals surface area contributed by atoms with Gasteiger partial charge in [0.2, 0.25) is 0 Å². The zero-order valence-corrected chi connectivity index (χ0v) is 31.5. The summed E-state index contributed by atoms with van der Waals surface area (Å²) < 4.78 is 17.2. The lowest BCUT2D eigenvalue weighted by molar-refractivity contribution is -0.137. The Labute approximate surface area is 300 Å². The minimum atomic E-state index is -0.731. The first-order valence-corrected chi connectivity index (χ1v) is 18.2. The van der Waals surface area contributed by atoms with Gasteiger partial charge in [-0.1, -0.05) is 49.9 Å². The van der Waals surface area contributed by atoms with E-state index in [1.807, 2.05) is 52.0 Å². The van der Waals surface area contributed by atoms with Crippen molar-refractivity contribution in [3.63, 3.8) is 0 Å². The van der Waals surface area contributed by atoms with Crippen molar-refractivity contribution < 1.29 is 28.9 Å². The Hall–Kier alpha value is -4.38. The van der Waals surface area contributed by atoms with E-state index >= 15 is 0 Å². The summed E-state index contributed by atoms with van der Waals surface area (Å²) in [7, 11) is 5.06. The van der Waals surface area contributed by atoms with Crippen molar-refractivity contribution in [1.82, 2.24) is 14.9 Å². The molecule has 4 aromatic rings. The Balaban J connectivity index is 1.54. The fraction of sp³-hybridized carbons (Fsp3) is 0.487. The number of aromatic nitrogens is 2. The van der Waals surface area contributed by atoms with Gasteiger partial charge in [0, 0.05) is 35.8 Å². The van der Waals surface area contributed by atoms with Crippen LogP contribution in [0.4, 0.5) is 10.6 Å². The molecule has 11 heteroatoms. The number of thiophene rings is 1. The lowest BCUT2D eigenvalue weighted by Gasteiger charge is -2.25. The molecule has 0 saturated heterocycles. The predicted molar refractivity (Wildman–Crippen MR) is 201 cm³/mol. The number of unbranched alkanes of at least 4 members (excludes halogenated alkanes) is 5. The number of rotatable bonds is 17. The number of nitrogens with one attached hydrogen (secondary N) is 1. The van der Waals surface area contributed by atoms with Gasteiger partial charge in [-0.15, -0.1) is 11.3 Å². The predicted octanol–water partition coefficient (Wildman–Crippen LogP) is 9.58. The second kappa shape index (κ2) is 17.5. The first kappa shape index (κ1) is 38.4. The SMILES string of the molecule is COc1cc2c(NC(C)c3cc(-c4ccccc4CN(C)C(=O)OC(C)(C)C)cs3)nc(C)nc2c(CCCCCCCCC(=O)O)c1OC. The van der Waals surface area contributed by atoms with Crippen molar-refractivity contribution in [2.24, 2.45) is 0 Å². The van der Waals surface area contributed by atoms with Crippen molar-refractivity contribution in [3.05, 3.63) is 63.6 Å². The number of hydrogen-bond acceptors (Lipinski definition) is 9. The standard InChI is InChI=1S/C39H52N4O6S/c1-25(33-21-28(24-50-33)29-18-16-15-17-27(29)23-43(6)38(46)49-39(3,4)5)40-37-31-22-32(47-7)36(48-8)30(35(31)41-26(2)42-37)19-13-11-9-10-12-14-20-34(44)45/h15-18,21-22,24-25H,9-14,19-20,23H2,1-8H3,(H,44,45)(H,40,41,42). The topological polar surface area (TPSA) is 123 Å². The third-order valence-corrected chi connectivity index (χ3v) is 9.56. The highest BCUT2D eigenvalue weighted by atomic mass is 32.1. The second-order valence-electron chi connectivity index (χ2n) is 13.7. The smallest absolute Gasteiger partial charge is 0.410 e. The first-order valence-electron chi connectivity index (χ1n) is 17.3. The third-order valence-electron chi connectivity index (χ3n) is 8.45. The summed E-state index contributed by atoms with van der Waals surface area (Å²) in [5, 5.41) is 15.6. The van der Waals surface area contributed by atoms with Crippen molar-refractivity contribution in [2.45, 2.75) is 104 Å². The molecule has 1 amide bonds. The summed E-state index contributed by atoms with van der Waals surface area (Å²) in [4.78, 5) is 35.9. The van der Waals surface area contributed by atoms with Gasteiger partial charge < -0.3 is 29.5 Å². The Morgan fingerprint density at radius 1 is 1.00 bits per heavy atom. The molecule has 0 saturated carbocycles. The zero-order chi connectivity index (χ0) is 36.4. The number of benzene rings is 2. The highest BCUT2D eigenvalue weighted by molar-refractivity contribution is 7.10. The molecule has 1 atom stereocenters. The van der Waals surface area contributed by atoms with Crippen molar-refractivity contribution in [3.8, 4) is 22.6 Å². The number of carboxylic acids is 1. The molecule has 1 unspecified atom stereocenters. The quantitative estimate of drug-likeness (QED) is 0.103. The summed E-state index contributed by atoms with van der Waals surface area (Å²) in [5.41, 5.74) is 4.49. The number of aryl methyl sites for hydroxylation is 2. The summed E-state index contributed by atoms with van der Waals surface area (Å²) in [5.74, 6) is 1.99. The molecule has 0 spiro atoms. The highest BCUT2D eigenvalue weighted by Crippen LogP contribution is 2.41. The minimum absolute atomic E-state index is 0.0551. The first-order chi connectivity index (χ1) is 23.8. The van der Waals surface area contributed by atoms with Crippen LogP contribution in [0.25, 0.3) is 22.0 Å². The summed E-state index contributed by atoms with van der Waals surface area (Å²) in [6, 6.07) is 12.2. The van der Waals surface area contributed by atoms with Crippen LogP contribution >= 0.6 is 11.3 Å². The number of ether oxygens (including phenoxy) is 3. The van der Waals surface area contributed by atoms with Gasteiger partial charge in [0.25, 0.3) is 0 Å². The van der Waals surface area contributed by atoms with E-state index in [1.54, 1.807) is 37.5 Å². The third kappa shape index (κ3) is 10.3. The number of fused-ring (bicyclic) bond motifs is 1. The van der Waals surface area contributed by atoms with Gasteiger partial charge in [0.15, 0.2) is 11.5 Å². The highest BCUT2D eigenvalue weighted by Gasteiger charge is 2.23. The van der Waals surface area contributed by atoms with Crippen molar-refractivity contribution >= 4 is 40.1 Å². The maximum absolute atomic E-state index is 12.7. The number of anilines is 1. The van der Waals surface area contributed by atoms with Crippen LogP contribution in [0.2, 0.25) is 0 Å². The fourth-order valence-corrected chi connectivity index (χ4v) is 6.92. The van der Waals surface area contributed by atoms with Crippen LogP contribution in [0.5, 0.6) is 11.5 Å². The van der Waals surface area contributed by atoms with Crippen LogP contribution in [0.15, 0.2) is 41.8 Å². The molecule has 4 rings (SSSR count). The number of methoxy groups -OCH3 is 2. The van der Waals surface area contributed by atoms with Gasteiger partial charge >= 0.3 is 12.1 Å². The van der Waals surface area contributed by atoms with Gasteiger partial charge in [-0.25, -0.2) is 14.8 Å². The van der Waals surface area contributed by atoms with Crippen LogP contribution in [0.1, 0.15) is 101 Å². The zero-order valence-electron chi connectivity index (χ0n) is 30.7. The van der Waals surface area contributed by atoms with Crippen LogP contribution in [0, 0.1) is 6.92 Å². The molecule has 2 N–H and O–H groups in total. The van der Waals surface area contributed by atoms with Gasteiger partial charge in [-0.2, -0.15) is 0 Å². The number of nitrogens with zero attached hydrogens (tertiary/aromatic N) is 3. The van der Waals surface area contributed by atoms with Gasteiger partial charge in [0.05, 0.1) is 25.8 Å². The summed E-state index contributed by atoms with van der Waals surface area (Å²) in [6.45, 7) is 10.1. The minimum Gasteiger partial charge on any atom is -0.493 e. The van der Waals surface area contributed by atoms with E-state index in [2.05, 4.69) is 29.8 Å². The molecule has 50 heavy (non-hydrogen) atoms. The number of hydrogen-bond donors (Lipinski definition) is 2.